The average Bonchev–Trinajstić information content (AvgIpc) is 2.03. The minimum atomic E-state index is -0.878. The van der Waals surface area contributed by atoms with Gasteiger partial charge in [-0.3, -0.25) is 4.79 Å². The van der Waals surface area contributed by atoms with Gasteiger partial charge in [0.1, 0.15) is 10.2 Å². The van der Waals surface area contributed by atoms with E-state index in [1.165, 1.54) is 12.4 Å². The van der Waals surface area contributed by atoms with E-state index in [1.54, 1.807) is 0 Å². The highest BCUT2D eigenvalue weighted by molar-refractivity contribution is 7.99. The summed E-state index contributed by atoms with van der Waals surface area (Å²) in [5.74, 6) is -0.896. The second kappa shape index (κ2) is 4.27. The molecule has 0 fully saturated rings. The normalized spacial score (nSPS) is 9.75. The number of carboxylic acid groups (broad SMARTS) is 1. The zero-order valence-corrected chi connectivity index (χ0v) is 7.47. The molecule has 1 aromatic rings. The SMILES string of the molecule is O=C(O)CSc1cnc(Cl)cn1. The van der Waals surface area contributed by atoms with Crippen LogP contribution in [0.25, 0.3) is 0 Å². The van der Waals surface area contributed by atoms with Crippen molar-refractivity contribution < 1.29 is 9.90 Å². The van der Waals surface area contributed by atoms with E-state index in [0.717, 1.165) is 11.8 Å². The Morgan fingerprint density at radius 1 is 1.58 bits per heavy atom. The van der Waals surface area contributed by atoms with Gasteiger partial charge in [-0.05, 0) is 0 Å². The molecule has 0 unspecified atom stereocenters. The second-order valence-electron chi connectivity index (χ2n) is 1.86. The first-order valence-corrected chi connectivity index (χ1v) is 4.37. The first-order chi connectivity index (χ1) is 5.68. The lowest BCUT2D eigenvalue weighted by molar-refractivity contribution is -0.133. The number of carbonyl (C=O) groups is 1. The smallest absolute Gasteiger partial charge is 0.313 e. The molecule has 0 amide bonds. The summed E-state index contributed by atoms with van der Waals surface area (Å²) < 4.78 is 0. The Hall–Kier alpha value is -0.810. The number of thioether (sulfide) groups is 1. The summed E-state index contributed by atoms with van der Waals surface area (Å²) in [6.45, 7) is 0. The largest absolute Gasteiger partial charge is 0.481 e. The van der Waals surface area contributed by atoms with Crippen LogP contribution >= 0.6 is 23.4 Å². The van der Waals surface area contributed by atoms with Gasteiger partial charge in [0.25, 0.3) is 0 Å². The van der Waals surface area contributed by atoms with Crippen LogP contribution in [0.2, 0.25) is 5.15 Å². The van der Waals surface area contributed by atoms with Crippen LogP contribution in [0.3, 0.4) is 0 Å². The van der Waals surface area contributed by atoms with Crippen LogP contribution in [0.4, 0.5) is 0 Å². The Morgan fingerprint density at radius 3 is 2.83 bits per heavy atom. The van der Waals surface area contributed by atoms with Gasteiger partial charge >= 0.3 is 5.97 Å². The standard InChI is InChI=1S/C6H5ClN2O2S/c7-4-1-9-5(2-8-4)12-3-6(10)11/h1-2H,3H2,(H,10,11). The van der Waals surface area contributed by atoms with E-state index < -0.39 is 5.97 Å². The van der Waals surface area contributed by atoms with Gasteiger partial charge in [-0.15, -0.1) is 0 Å². The lowest BCUT2D eigenvalue weighted by Gasteiger charge is -1.95. The van der Waals surface area contributed by atoms with Crippen molar-refractivity contribution in [1.82, 2.24) is 9.97 Å². The molecular weight excluding hydrogens is 200 g/mol. The summed E-state index contributed by atoms with van der Waals surface area (Å²) in [6.07, 6.45) is 2.82. The Labute approximate surface area is 78.0 Å². The summed E-state index contributed by atoms with van der Waals surface area (Å²) in [6, 6.07) is 0. The Balaban J connectivity index is 2.53. The molecule has 0 aliphatic heterocycles. The maximum atomic E-state index is 10.1. The highest BCUT2D eigenvalue weighted by Gasteiger charge is 2.00. The predicted molar refractivity (Wildman–Crippen MR) is 45.4 cm³/mol. The molecule has 1 aromatic heterocycles. The van der Waals surface area contributed by atoms with Gasteiger partial charge in [-0.25, -0.2) is 9.97 Å². The first-order valence-electron chi connectivity index (χ1n) is 3.00. The number of rotatable bonds is 3. The number of aliphatic carboxylic acids is 1. The van der Waals surface area contributed by atoms with Crippen LogP contribution in [0.5, 0.6) is 0 Å². The Morgan fingerprint density at radius 2 is 2.33 bits per heavy atom. The number of hydrogen-bond donors (Lipinski definition) is 1. The van der Waals surface area contributed by atoms with Crippen molar-refractivity contribution in [2.24, 2.45) is 0 Å². The van der Waals surface area contributed by atoms with Crippen molar-refractivity contribution in [1.29, 1.82) is 0 Å². The number of aromatic nitrogens is 2. The Bertz CT molecular complexity index is 277. The van der Waals surface area contributed by atoms with E-state index in [1.807, 2.05) is 0 Å². The molecule has 4 nitrogen and oxygen atoms in total. The highest BCUT2D eigenvalue weighted by atomic mass is 35.5. The fourth-order valence-electron chi connectivity index (χ4n) is 0.511. The van der Waals surface area contributed by atoms with Crippen LogP contribution in [0, 0.1) is 0 Å². The summed E-state index contributed by atoms with van der Waals surface area (Å²) in [5.41, 5.74) is 0. The molecule has 1 heterocycles. The zero-order chi connectivity index (χ0) is 8.97. The maximum absolute atomic E-state index is 10.1. The lowest BCUT2D eigenvalue weighted by atomic mass is 10.8. The van der Waals surface area contributed by atoms with Crippen LogP contribution in [-0.2, 0) is 4.79 Å². The van der Waals surface area contributed by atoms with Gasteiger partial charge in [0.2, 0.25) is 0 Å². The van der Waals surface area contributed by atoms with Gasteiger partial charge < -0.3 is 5.11 Å². The van der Waals surface area contributed by atoms with Gasteiger partial charge in [-0.1, -0.05) is 23.4 Å². The molecule has 1 N–H and O–H groups in total. The number of nitrogens with zero attached hydrogens (tertiary/aromatic N) is 2. The summed E-state index contributed by atoms with van der Waals surface area (Å²) >= 11 is 6.58. The summed E-state index contributed by atoms with van der Waals surface area (Å²) in [4.78, 5) is 17.7. The summed E-state index contributed by atoms with van der Waals surface area (Å²) in [7, 11) is 0. The topological polar surface area (TPSA) is 63.1 Å². The van der Waals surface area contributed by atoms with Crippen molar-refractivity contribution in [3.63, 3.8) is 0 Å². The fourth-order valence-corrected chi connectivity index (χ4v) is 1.13. The van der Waals surface area contributed by atoms with Crippen molar-refractivity contribution >= 4 is 29.3 Å². The van der Waals surface area contributed by atoms with Crippen LogP contribution in [0.15, 0.2) is 17.4 Å². The summed E-state index contributed by atoms with van der Waals surface area (Å²) in [5, 5.41) is 9.19. The van der Waals surface area contributed by atoms with Gasteiger partial charge in [0.05, 0.1) is 18.1 Å². The van der Waals surface area contributed by atoms with E-state index in [0.29, 0.717) is 10.2 Å². The van der Waals surface area contributed by atoms with Crippen molar-refractivity contribution in [3.05, 3.63) is 17.5 Å². The quantitative estimate of drug-likeness (QED) is 0.753. The second-order valence-corrected chi connectivity index (χ2v) is 3.24. The third kappa shape index (κ3) is 3.06. The minimum Gasteiger partial charge on any atom is -0.481 e. The van der Waals surface area contributed by atoms with Crippen molar-refractivity contribution in [3.8, 4) is 0 Å². The molecule has 0 aliphatic rings. The number of halogens is 1. The first kappa shape index (κ1) is 9.28. The average molecular weight is 205 g/mol. The molecule has 0 saturated carbocycles. The van der Waals surface area contributed by atoms with Crippen LogP contribution in [0.1, 0.15) is 0 Å². The predicted octanol–water partition coefficient (Wildman–Crippen LogP) is 1.31. The van der Waals surface area contributed by atoms with Crippen LogP contribution in [-0.4, -0.2) is 26.8 Å². The molecule has 0 saturated heterocycles. The third-order valence-corrected chi connectivity index (χ3v) is 2.03. The molecule has 0 atom stereocenters. The third-order valence-electron chi connectivity index (χ3n) is 0.940. The molecule has 0 aliphatic carbocycles. The van der Waals surface area contributed by atoms with E-state index in [9.17, 15) is 4.79 Å². The zero-order valence-electron chi connectivity index (χ0n) is 5.90. The van der Waals surface area contributed by atoms with E-state index in [4.69, 9.17) is 16.7 Å². The monoisotopic (exact) mass is 204 g/mol. The molecule has 0 bridgehead atoms. The molecular formula is C6H5ClN2O2S. The van der Waals surface area contributed by atoms with E-state index in [2.05, 4.69) is 9.97 Å². The number of carboxylic acids is 1. The number of hydrogen-bond acceptors (Lipinski definition) is 4. The molecule has 1 rings (SSSR count). The van der Waals surface area contributed by atoms with Crippen molar-refractivity contribution in [2.75, 3.05) is 5.75 Å². The Kier molecular flexibility index (Phi) is 3.31. The van der Waals surface area contributed by atoms with Crippen LogP contribution < -0.4 is 0 Å². The van der Waals surface area contributed by atoms with Gasteiger partial charge in [0, 0.05) is 0 Å². The fraction of sp³-hybridized carbons (Fsp3) is 0.167. The van der Waals surface area contributed by atoms with Gasteiger partial charge in [0.15, 0.2) is 0 Å². The van der Waals surface area contributed by atoms with Gasteiger partial charge in [-0.2, -0.15) is 0 Å². The minimum absolute atomic E-state index is 0.0175. The molecule has 6 heteroatoms. The van der Waals surface area contributed by atoms with Crippen molar-refractivity contribution in [2.45, 2.75) is 5.03 Å². The molecule has 0 spiro atoms. The molecule has 64 valence electrons. The molecule has 12 heavy (non-hydrogen) atoms. The highest BCUT2D eigenvalue weighted by Crippen LogP contribution is 2.14. The molecule has 0 aromatic carbocycles. The van der Waals surface area contributed by atoms with E-state index >= 15 is 0 Å². The lowest BCUT2D eigenvalue weighted by Crippen LogP contribution is -1.98. The van der Waals surface area contributed by atoms with E-state index in [-0.39, 0.29) is 5.75 Å². The molecule has 0 radical (unpaired) electrons. The maximum Gasteiger partial charge on any atom is 0.313 e.